The Hall–Kier alpha value is -2.34. The Bertz CT molecular complexity index is 852. The lowest BCUT2D eigenvalue weighted by molar-refractivity contribution is -0.133. The standard InChI is InChI=1S/C21H28N2O3S/c1-16(2)23(17(3)4)21(24)15-22(19-9-7-6-8-10-19)27(25,26)20-13-11-18(5)12-14-20/h6-14,16-17H,15H2,1-5H3. The fourth-order valence-corrected chi connectivity index (χ4v) is 4.54. The van der Waals surface area contributed by atoms with E-state index >= 15 is 0 Å². The Balaban J connectivity index is 2.47. The number of benzene rings is 2. The molecule has 0 radical (unpaired) electrons. The number of carbonyl (C=O) groups excluding carboxylic acids is 1. The molecule has 6 heteroatoms. The van der Waals surface area contributed by atoms with E-state index in [4.69, 9.17) is 0 Å². The number of hydrogen-bond donors (Lipinski definition) is 0. The SMILES string of the molecule is Cc1ccc(S(=O)(=O)N(CC(=O)N(C(C)C)C(C)C)c2ccccc2)cc1. The van der Waals surface area contributed by atoms with Gasteiger partial charge < -0.3 is 4.90 Å². The summed E-state index contributed by atoms with van der Waals surface area (Å²) in [4.78, 5) is 14.8. The lowest BCUT2D eigenvalue weighted by Crippen LogP contribution is -2.48. The highest BCUT2D eigenvalue weighted by Crippen LogP contribution is 2.24. The van der Waals surface area contributed by atoms with Gasteiger partial charge in [-0.3, -0.25) is 9.10 Å². The van der Waals surface area contributed by atoms with Crippen molar-refractivity contribution in [2.75, 3.05) is 10.8 Å². The Morgan fingerprint density at radius 1 is 0.889 bits per heavy atom. The van der Waals surface area contributed by atoms with Gasteiger partial charge >= 0.3 is 0 Å². The summed E-state index contributed by atoms with van der Waals surface area (Å²) in [7, 11) is -3.87. The van der Waals surface area contributed by atoms with Crippen molar-refractivity contribution in [3.63, 3.8) is 0 Å². The third-order valence-corrected chi connectivity index (χ3v) is 6.12. The highest BCUT2D eigenvalue weighted by atomic mass is 32.2. The molecule has 0 atom stereocenters. The maximum Gasteiger partial charge on any atom is 0.264 e. The lowest BCUT2D eigenvalue weighted by atomic mass is 10.2. The van der Waals surface area contributed by atoms with Crippen LogP contribution in [0.5, 0.6) is 0 Å². The first-order chi connectivity index (χ1) is 12.6. The average molecular weight is 389 g/mol. The molecule has 0 saturated heterocycles. The maximum atomic E-state index is 13.3. The highest BCUT2D eigenvalue weighted by molar-refractivity contribution is 7.92. The van der Waals surface area contributed by atoms with Gasteiger partial charge in [-0.2, -0.15) is 0 Å². The van der Waals surface area contributed by atoms with Crippen LogP contribution in [0.1, 0.15) is 33.3 Å². The second-order valence-corrected chi connectivity index (χ2v) is 9.01. The van der Waals surface area contributed by atoms with E-state index in [1.54, 1.807) is 53.4 Å². The van der Waals surface area contributed by atoms with Gasteiger partial charge in [0, 0.05) is 12.1 Å². The van der Waals surface area contributed by atoms with E-state index in [0.717, 1.165) is 5.56 Å². The minimum absolute atomic E-state index is 0.0165. The van der Waals surface area contributed by atoms with Crippen LogP contribution in [0.2, 0.25) is 0 Å². The summed E-state index contributed by atoms with van der Waals surface area (Å²) in [5.41, 5.74) is 1.45. The normalized spacial score (nSPS) is 11.7. The Kier molecular flexibility index (Phi) is 6.65. The van der Waals surface area contributed by atoms with E-state index in [-0.39, 0.29) is 29.4 Å². The topological polar surface area (TPSA) is 57.7 Å². The molecule has 0 saturated carbocycles. The summed E-state index contributed by atoms with van der Waals surface area (Å²) in [5.74, 6) is -0.223. The van der Waals surface area contributed by atoms with Crippen molar-refractivity contribution in [3.05, 3.63) is 60.2 Å². The van der Waals surface area contributed by atoms with Gasteiger partial charge in [0.25, 0.3) is 10.0 Å². The molecule has 2 aromatic rings. The molecule has 0 aliphatic carbocycles. The quantitative estimate of drug-likeness (QED) is 0.724. The smallest absolute Gasteiger partial charge is 0.264 e. The molecule has 2 aromatic carbocycles. The molecule has 0 heterocycles. The zero-order valence-corrected chi connectivity index (χ0v) is 17.4. The highest BCUT2D eigenvalue weighted by Gasteiger charge is 2.30. The molecule has 0 N–H and O–H groups in total. The number of carbonyl (C=O) groups is 1. The van der Waals surface area contributed by atoms with E-state index < -0.39 is 10.0 Å². The third kappa shape index (κ3) is 4.89. The molecule has 0 aromatic heterocycles. The molecule has 0 aliphatic heterocycles. The van der Waals surface area contributed by atoms with Crippen LogP contribution >= 0.6 is 0 Å². The monoisotopic (exact) mass is 388 g/mol. The largest absolute Gasteiger partial charge is 0.336 e. The number of rotatable bonds is 7. The van der Waals surface area contributed by atoms with Crippen LogP contribution in [-0.4, -0.2) is 37.9 Å². The molecule has 5 nitrogen and oxygen atoms in total. The molecular formula is C21H28N2O3S. The summed E-state index contributed by atoms with van der Waals surface area (Å²) in [6.07, 6.45) is 0. The van der Waals surface area contributed by atoms with Gasteiger partial charge in [-0.1, -0.05) is 35.9 Å². The van der Waals surface area contributed by atoms with E-state index in [2.05, 4.69) is 0 Å². The van der Waals surface area contributed by atoms with Gasteiger partial charge in [0.15, 0.2) is 0 Å². The van der Waals surface area contributed by atoms with Gasteiger partial charge in [-0.05, 0) is 58.9 Å². The first-order valence-electron chi connectivity index (χ1n) is 9.10. The van der Waals surface area contributed by atoms with Crippen molar-refractivity contribution in [2.24, 2.45) is 0 Å². The number of aryl methyl sites for hydroxylation is 1. The molecule has 0 fully saturated rings. The minimum atomic E-state index is -3.87. The molecule has 0 bridgehead atoms. The van der Waals surface area contributed by atoms with Crippen LogP contribution in [-0.2, 0) is 14.8 Å². The molecule has 0 spiro atoms. The molecule has 1 amide bonds. The molecule has 27 heavy (non-hydrogen) atoms. The average Bonchev–Trinajstić information content (AvgIpc) is 2.60. The summed E-state index contributed by atoms with van der Waals surface area (Å²) < 4.78 is 27.8. The summed E-state index contributed by atoms with van der Waals surface area (Å²) in [5, 5.41) is 0. The van der Waals surface area contributed by atoms with Crippen LogP contribution in [0.15, 0.2) is 59.5 Å². The first-order valence-corrected chi connectivity index (χ1v) is 10.5. The van der Waals surface area contributed by atoms with Crippen LogP contribution in [0.25, 0.3) is 0 Å². The summed E-state index contributed by atoms with van der Waals surface area (Å²) in [6, 6.07) is 15.4. The van der Waals surface area contributed by atoms with Gasteiger partial charge in [-0.15, -0.1) is 0 Å². The summed E-state index contributed by atoms with van der Waals surface area (Å²) >= 11 is 0. The van der Waals surface area contributed by atoms with E-state index in [0.29, 0.717) is 5.69 Å². The Morgan fingerprint density at radius 2 is 1.41 bits per heavy atom. The summed E-state index contributed by atoms with van der Waals surface area (Å²) in [6.45, 7) is 9.38. The number of nitrogens with zero attached hydrogens (tertiary/aromatic N) is 2. The van der Waals surface area contributed by atoms with Crippen LogP contribution in [0.3, 0.4) is 0 Å². The predicted octanol–water partition coefficient (Wildman–Crippen LogP) is 3.84. The van der Waals surface area contributed by atoms with Crippen LogP contribution < -0.4 is 4.31 Å². The van der Waals surface area contributed by atoms with Crippen molar-refractivity contribution in [1.82, 2.24) is 4.90 Å². The minimum Gasteiger partial charge on any atom is -0.336 e. The zero-order chi connectivity index (χ0) is 20.2. The van der Waals surface area contributed by atoms with Crippen molar-refractivity contribution in [1.29, 1.82) is 0 Å². The van der Waals surface area contributed by atoms with E-state index in [9.17, 15) is 13.2 Å². The fourth-order valence-electron chi connectivity index (χ4n) is 3.12. The number of hydrogen-bond acceptors (Lipinski definition) is 3. The van der Waals surface area contributed by atoms with Crippen molar-refractivity contribution in [3.8, 4) is 0 Å². The lowest BCUT2D eigenvalue weighted by Gasteiger charge is -2.33. The van der Waals surface area contributed by atoms with Crippen LogP contribution in [0, 0.1) is 6.92 Å². The maximum absolute atomic E-state index is 13.3. The zero-order valence-electron chi connectivity index (χ0n) is 16.6. The second-order valence-electron chi connectivity index (χ2n) is 7.15. The molecule has 0 aliphatic rings. The van der Waals surface area contributed by atoms with E-state index in [1.807, 2.05) is 40.7 Å². The van der Waals surface area contributed by atoms with Gasteiger partial charge in [0.2, 0.25) is 5.91 Å². The molecular weight excluding hydrogens is 360 g/mol. The number of anilines is 1. The van der Waals surface area contributed by atoms with Gasteiger partial charge in [0.1, 0.15) is 6.54 Å². The Morgan fingerprint density at radius 3 is 1.89 bits per heavy atom. The predicted molar refractivity (Wildman–Crippen MR) is 109 cm³/mol. The van der Waals surface area contributed by atoms with Gasteiger partial charge in [-0.25, -0.2) is 8.42 Å². The first kappa shape index (κ1) is 21.0. The molecule has 146 valence electrons. The Labute approximate surface area is 162 Å². The number of sulfonamides is 1. The molecule has 2 rings (SSSR count). The fraction of sp³-hybridized carbons (Fsp3) is 0.381. The van der Waals surface area contributed by atoms with Gasteiger partial charge in [0.05, 0.1) is 10.6 Å². The van der Waals surface area contributed by atoms with E-state index in [1.165, 1.54) is 4.31 Å². The third-order valence-electron chi connectivity index (χ3n) is 4.33. The number of amides is 1. The van der Waals surface area contributed by atoms with Crippen LogP contribution in [0.4, 0.5) is 5.69 Å². The van der Waals surface area contributed by atoms with Crippen molar-refractivity contribution < 1.29 is 13.2 Å². The second kappa shape index (κ2) is 8.57. The van der Waals surface area contributed by atoms with Crippen molar-refractivity contribution in [2.45, 2.75) is 51.6 Å². The van der Waals surface area contributed by atoms with Crippen molar-refractivity contribution >= 4 is 21.6 Å². The molecule has 0 unspecified atom stereocenters. The number of para-hydroxylation sites is 1.